The second kappa shape index (κ2) is 7.67. The third-order valence-corrected chi connectivity index (χ3v) is 4.85. The smallest absolute Gasteiger partial charge is 0.153 e. The number of piperazine rings is 1. The maximum absolute atomic E-state index is 4.14. The SMILES string of the molecule is CCCNC(CC1CN(C)CCN1C)c1c(Br)nnn1C. The van der Waals surface area contributed by atoms with Gasteiger partial charge in [0.15, 0.2) is 4.60 Å². The lowest BCUT2D eigenvalue weighted by Gasteiger charge is -2.39. The highest BCUT2D eigenvalue weighted by atomic mass is 79.9. The van der Waals surface area contributed by atoms with Crippen LogP contribution in [0.3, 0.4) is 0 Å². The van der Waals surface area contributed by atoms with Crippen molar-refractivity contribution in [3.63, 3.8) is 0 Å². The number of aryl methyl sites for hydroxylation is 1. The number of likely N-dealkylation sites (N-methyl/N-ethyl adjacent to an activating group) is 2. The van der Waals surface area contributed by atoms with E-state index < -0.39 is 0 Å². The highest BCUT2D eigenvalue weighted by Gasteiger charge is 2.28. The van der Waals surface area contributed by atoms with E-state index in [1.807, 2.05) is 11.7 Å². The van der Waals surface area contributed by atoms with Crippen molar-refractivity contribution in [2.24, 2.45) is 7.05 Å². The summed E-state index contributed by atoms with van der Waals surface area (Å²) < 4.78 is 2.73. The fraction of sp³-hybridized carbons (Fsp3) is 0.857. The first kappa shape index (κ1) is 16.9. The molecule has 0 aliphatic carbocycles. The third kappa shape index (κ3) is 4.25. The van der Waals surface area contributed by atoms with E-state index in [0.29, 0.717) is 6.04 Å². The zero-order chi connectivity index (χ0) is 15.4. The van der Waals surface area contributed by atoms with Crippen LogP contribution in [-0.2, 0) is 7.05 Å². The highest BCUT2D eigenvalue weighted by molar-refractivity contribution is 9.10. The van der Waals surface area contributed by atoms with Crippen LogP contribution >= 0.6 is 15.9 Å². The number of halogens is 1. The number of rotatable bonds is 6. The van der Waals surface area contributed by atoms with Crippen molar-refractivity contribution in [1.82, 2.24) is 30.1 Å². The van der Waals surface area contributed by atoms with Crippen LogP contribution in [0.5, 0.6) is 0 Å². The number of aromatic nitrogens is 3. The summed E-state index contributed by atoms with van der Waals surface area (Å²) in [5.41, 5.74) is 1.14. The van der Waals surface area contributed by atoms with Crippen LogP contribution in [0, 0.1) is 0 Å². The van der Waals surface area contributed by atoms with Crippen molar-refractivity contribution in [1.29, 1.82) is 0 Å². The first-order chi connectivity index (χ1) is 10.0. The quantitative estimate of drug-likeness (QED) is 0.829. The predicted octanol–water partition coefficient (Wildman–Crippen LogP) is 1.25. The number of nitrogens with one attached hydrogen (secondary N) is 1. The molecule has 1 N–H and O–H groups in total. The van der Waals surface area contributed by atoms with E-state index in [-0.39, 0.29) is 6.04 Å². The standard InChI is InChI=1S/C14H27BrN6/c1-5-6-16-12(13-14(15)17-18-21(13)4)9-11-10-19(2)7-8-20(11)3/h11-12,16H,5-10H2,1-4H3. The van der Waals surface area contributed by atoms with Crippen LogP contribution in [-0.4, -0.2) is 71.1 Å². The van der Waals surface area contributed by atoms with E-state index in [2.05, 4.69) is 62.4 Å². The van der Waals surface area contributed by atoms with Gasteiger partial charge in [-0.15, -0.1) is 5.10 Å². The van der Waals surface area contributed by atoms with Gasteiger partial charge in [-0.3, -0.25) is 0 Å². The summed E-state index contributed by atoms with van der Waals surface area (Å²) >= 11 is 3.54. The van der Waals surface area contributed by atoms with E-state index in [4.69, 9.17) is 0 Å². The molecule has 1 fully saturated rings. The molecule has 0 bridgehead atoms. The zero-order valence-corrected chi connectivity index (χ0v) is 15.1. The van der Waals surface area contributed by atoms with Gasteiger partial charge in [0.25, 0.3) is 0 Å². The van der Waals surface area contributed by atoms with Gasteiger partial charge in [0.2, 0.25) is 0 Å². The van der Waals surface area contributed by atoms with Gasteiger partial charge < -0.3 is 15.1 Å². The molecule has 1 saturated heterocycles. The molecule has 1 aromatic rings. The summed E-state index contributed by atoms with van der Waals surface area (Å²) in [5.74, 6) is 0. The molecule has 2 atom stereocenters. The molecule has 7 heteroatoms. The summed E-state index contributed by atoms with van der Waals surface area (Å²) in [6.07, 6.45) is 2.19. The minimum Gasteiger partial charge on any atom is -0.309 e. The Bertz CT molecular complexity index is 429. The normalized spacial score (nSPS) is 22.6. The summed E-state index contributed by atoms with van der Waals surface area (Å²) in [6.45, 7) is 6.60. The van der Waals surface area contributed by atoms with Crippen LogP contribution in [0.15, 0.2) is 4.60 Å². The molecule has 2 rings (SSSR count). The van der Waals surface area contributed by atoms with Crippen molar-refractivity contribution in [3.05, 3.63) is 10.3 Å². The molecule has 0 spiro atoms. The fourth-order valence-electron chi connectivity index (χ4n) is 2.95. The van der Waals surface area contributed by atoms with Gasteiger partial charge in [-0.25, -0.2) is 4.68 Å². The molecule has 0 amide bonds. The van der Waals surface area contributed by atoms with Crippen LogP contribution in [0.2, 0.25) is 0 Å². The van der Waals surface area contributed by atoms with E-state index in [9.17, 15) is 0 Å². The fourth-order valence-corrected chi connectivity index (χ4v) is 3.55. The van der Waals surface area contributed by atoms with Crippen LogP contribution < -0.4 is 5.32 Å². The lowest BCUT2D eigenvalue weighted by Crippen LogP contribution is -2.51. The Hall–Kier alpha value is -0.500. The van der Waals surface area contributed by atoms with Gasteiger partial charge in [0, 0.05) is 32.7 Å². The molecule has 1 aromatic heterocycles. The molecule has 0 aromatic carbocycles. The summed E-state index contributed by atoms with van der Waals surface area (Å²) in [7, 11) is 6.39. The van der Waals surface area contributed by atoms with Crippen molar-refractivity contribution < 1.29 is 0 Å². The maximum atomic E-state index is 4.14. The third-order valence-electron chi connectivity index (χ3n) is 4.29. The molecule has 0 radical (unpaired) electrons. The summed E-state index contributed by atoms with van der Waals surface area (Å²) in [5, 5.41) is 11.9. The monoisotopic (exact) mass is 358 g/mol. The van der Waals surface area contributed by atoms with Crippen molar-refractivity contribution >= 4 is 15.9 Å². The lowest BCUT2D eigenvalue weighted by molar-refractivity contribution is 0.100. The van der Waals surface area contributed by atoms with Gasteiger partial charge in [0.05, 0.1) is 11.7 Å². The zero-order valence-electron chi connectivity index (χ0n) is 13.5. The molecule has 6 nitrogen and oxygen atoms in total. The molecular formula is C14H27BrN6. The Morgan fingerprint density at radius 1 is 1.33 bits per heavy atom. The first-order valence-corrected chi connectivity index (χ1v) is 8.49. The second-order valence-corrected chi connectivity index (χ2v) is 6.78. The molecule has 120 valence electrons. The number of hydrogen-bond donors (Lipinski definition) is 1. The molecule has 2 unspecified atom stereocenters. The minimum atomic E-state index is 0.276. The van der Waals surface area contributed by atoms with Crippen molar-refractivity contribution in [3.8, 4) is 0 Å². The summed E-state index contributed by atoms with van der Waals surface area (Å²) in [4.78, 5) is 4.89. The molecule has 1 aliphatic rings. The first-order valence-electron chi connectivity index (χ1n) is 7.70. The van der Waals surface area contributed by atoms with Gasteiger partial charge in [-0.2, -0.15) is 0 Å². The van der Waals surface area contributed by atoms with Gasteiger partial charge >= 0.3 is 0 Å². The Labute approximate surface area is 136 Å². The lowest BCUT2D eigenvalue weighted by atomic mass is 10.0. The van der Waals surface area contributed by atoms with Crippen LogP contribution in [0.1, 0.15) is 31.5 Å². The molecule has 1 aliphatic heterocycles. The number of hydrogen-bond acceptors (Lipinski definition) is 5. The average Bonchev–Trinajstić information content (AvgIpc) is 2.78. The number of nitrogens with zero attached hydrogens (tertiary/aromatic N) is 5. The Morgan fingerprint density at radius 2 is 2.10 bits per heavy atom. The topological polar surface area (TPSA) is 49.2 Å². The Balaban J connectivity index is 2.12. The van der Waals surface area contributed by atoms with E-state index in [0.717, 1.165) is 49.3 Å². The maximum Gasteiger partial charge on any atom is 0.153 e. The van der Waals surface area contributed by atoms with E-state index in [1.165, 1.54) is 0 Å². The molecule has 21 heavy (non-hydrogen) atoms. The summed E-state index contributed by atoms with van der Waals surface area (Å²) in [6, 6.07) is 0.832. The minimum absolute atomic E-state index is 0.276. The molecule has 2 heterocycles. The average molecular weight is 359 g/mol. The van der Waals surface area contributed by atoms with Crippen molar-refractivity contribution in [2.75, 3.05) is 40.3 Å². The van der Waals surface area contributed by atoms with Crippen LogP contribution in [0.25, 0.3) is 0 Å². The van der Waals surface area contributed by atoms with E-state index >= 15 is 0 Å². The van der Waals surface area contributed by atoms with E-state index in [1.54, 1.807) is 0 Å². The van der Waals surface area contributed by atoms with Gasteiger partial charge in [-0.05, 0) is 49.4 Å². The largest absolute Gasteiger partial charge is 0.309 e. The van der Waals surface area contributed by atoms with Crippen molar-refractivity contribution in [2.45, 2.75) is 31.8 Å². The van der Waals surface area contributed by atoms with Gasteiger partial charge in [-0.1, -0.05) is 12.1 Å². The predicted molar refractivity (Wildman–Crippen MR) is 88.3 cm³/mol. The molecular weight excluding hydrogens is 332 g/mol. The molecule has 0 saturated carbocycles. The Kier molecular flexibility index (Phi) is 6.16. The highest BCUT2D eigenvalue weighted by Crippen LogP contribution is 2.26. The van der Waals surface area contributed by atoms with Crippen LogP contribution in [0.4, 0.5) is 0 Å². The second-order valence-electron chi connectivity index (χ2n) is 6.03. The van der Waals surface area contributed by atoms with Gasteiger partial charge in [0.1, 0.15) is 0 Å². The Morgan fingerprint density at radius 3 is 2.71 bits per heavy atom.